The molecule has 0 fully saturated rings. The van der Waals surface area contributed by atoms with E-state index in [0.29, 0.717) is 22.1 Å². The van der Waals surface area contributed by atoms with Crippen LogP contribution in [0.15, 0.2) is 102 Å². The highest BCUT2D eigenvalue weighted by molar-refractivity contribution is 9.10. The molecule has 3 aromatic carbocycles. The Hall–Kier alpha value is -2.70. The Bertz CT molecular complexity index is 1290. The molecule has 0 saturated carbocycles. The van der Waals surface area contributed by atoms with Crippen LogP contribution in [-0.2, 0) is 9.84 Å². The van der Waals surface area contributed by atoms with Crippen molar-refractivity contribution < 1.29 is 12.8 Å². The first-order valence-corrected chi connectivity index (χ1v) is 10.4. The van der Waals surface area contributed by atoms with E-state index in [1.165, 1.54) is 12.1 Å². The van der Waals surface area contributed by atoms with Crippen LogP contribution >= 0.6 is 15.9 Å². The quantitative estimate of drug-likeness (QED) is 0.417. The Labute approximate surface area is 164 Å². The molecule has 0 aliphatic rings. The number of sulfone groups is 1. The molecule has 27 heavy (non-hydrogen) atoms. The molecule has 4 nitrogen and oxygen atoms in total. The first-order valence-electron chi connectivity index (χ1n) is 8.10. The Morgan fingerprint density at radius 3 is 2.11 bits per heavy atom. The molecule has 0 atom stereocenters. The molecule has 0 aliphatic carbocycles. The van der Waals surface area contributed by atoms with E-state index in [4.69, 9.17) is 4.42 Å². The molecule has 1 aromatic heterocycles. The van der Waals surface area contributed by atoms with E-state index < -0.39 is 15.5 Å². The summed E-state index contributed by atoms with van der Waals surface area (Å²) in [6.45, 7) is 0. The molecule has 0 saturated heterocycles. The summed E-state index contributed by atoms with van der Waals surface area (Å²) < 4.78 is 32.7. The van der Waals surface area contributed by atoms with Gasteiger partial charge in [0.1, 0.15) is 5.58 Å². The lowest BCUT2D eigenvalue weighted by Gasteiger charge is -2.13. The molecule has 1 heterocycles. The summed E-state index contributed by atoms with van der Waals surface area (Å²) in [5.74, 6) is 0. The Morgan fingerprint density at radius 1 is 0.815 bits per heavy atom. The van der Waals surface area contributed by atoms with Gasteiger partial charge in [0.15, 0.2) is 4.90 Å². The van der Waals surface area contributed by atoms with Gasteiger partial charge in [0.25, 0.3) is 0 Å². The molecule has 0 radical (unpaired) electrons. The highest BCUT2D eigenvalue weighted by Crippen LogP contribution is 2.36. The molecule has 0 amide bonds. The molecule has 4 rings (SSSR count). The highest BCUT2D eigenvalue weighted by atomic mass is 79.9. The van der Waals surface area contributed by atoms with Crippen LogP contribution in [0.5, 0.6) is 0 Å². The van der Waals surface area contributed by atoms with Crippen molar-refractivity contribution in [3.8, 4) is 11.1 Å². The maximum atomic E-state index is 13.3. The fourth-order valence-electron chi connectivity index (χ4n) is 3.01. The minimum Gasteiger partial charge on any atom is -0.422 e. The Morgan fingerprint density at radius 2 is 1.44 bits per heavy atom. The number of halogens is 1. The zero-order valence-corrected chi connectivity index (χ0v) is 16.3. The smallest absolute Gasteiger partial charge is 0.356 e. The maximum Gasteiger partial charge on any atom is 0.356 e. The standard InChI is InChI=1S/C21H13BrO4S/c22-15-11-12-18-17(13-15)19(14-7-3-1-4-8-14)20(21(23)26-18)27(24,25)16-9-5-2-6-10-16/h1-13H. The molecule has 4 aromatic rings. The van der Waals surface area contributed by atoms with Crippen molar-refractivity contribution in [3.63, 3.8) is 0 Å². The van der Waals surface area contributed by atoms with Crippen molar-refractivity contribution >= 4 is 36.7 Å². The molecule has 134 valence electrons. The first kappa shape index (κ1) is 17.7. The second-order valence-electron chi connectivity index (χ2n) is 5.92. The summed E-state index contributed by atoms with van der Waals surface area (Å²) in [6.07, 6.45) is 0. The summed E-state index contributed by atoms with van der Waals surface area (Å²) in [7, 11) is -4.07. The molecule has 0 aliphatic heterocycles. The maximum absolute atomic E-state index is 13.3. The monoisotopic (exact) mass is 440 g/mol. The van der Waals surface area contributed by atoms with Crippen LogP contribution in [0.1, 0.15) is 0 Å². The van der Waals surface area contributed by atoms with E-state index in [1.54, 1.807) is 60.7 Å². The summed E-state index contributed by atoms with van der Waals surface area (Å²) in [5, 5.41) is 0.546. The SMILES string of the molecule is O=c1oc2ccc(Br)cc2c(-c2ccccc2)c1S(=O)(=O)c1ccccc1. The molecule has 0 unspecified atom stereocenters. The van der Waals surface area contributed by atoms with E-state index in [1.807, 2.05) is 6.07 Å². The third-order valence-electron chi connectivity index (χ3n) is 4.21. The average molecular weight is 441 g/mol. The number of benzene rings is 3. The summed E-state index contributed by atoms with van der Waals surface area (Å²) in [4.78, 5) is 12.5. The first-order chi connectivity index (χ1) is 13.0. The van der Waals surface area contributed by atoms with Gasteiger partial charge < -0.3 is 4.42 Å². The van der Waals surface area contributed by atoms with Crippen molar-refractivity contribution in [2.24, 2.45) is 0 Å². The largest absolute Gasteiger partial charge is 0.422 e. The van der Waals surface area contributed by atoms with Crippen molar-refractivity contribution in [1.29, 1.82) is 0 Å². The summed E-state index contributed by atoms with van der Waals surface area (Å²) in [5.41, 5.74) is 0.414. The van der Waals surface area contributed by atoms with Crippen LogP contribution < -0.4 is 5.63 Å². The van der Waals surface area contributed by atoms with Gasteiger partial charge in [-0.2, -0.15) is 0 Å². The normalized spacial score (nSPS) is 11.6. The van der Waals surface area contributed by atoms with Crippen molar-refractivity contribution in [2.45, 2.75) is 9.79 Å². The fourth-order valence-corrected chi connectivity index (χ4v) is 4.88. The van der Waals surface area contributed by atoms with E-state index >= 15 is 0 Å². The van der Waals surface area contributed by atoms with Crippen LogP contribution in [0.3, 0.4) is 0 Å². The van der Waals surface area contributed by atoms with E-state index in [0.717, 1.165) is 4.47 Å². The zero-order valence-electron chi connectivity index (χ0n) is 13.9. The number of rotatable bonds is 3. The van der Waals surface area contributed by atoms with E-state index in [-0.39, 0.29) is 9.79 Å². The van der Waals surface area contributed by atoms with Crippen molar-refractivity contribution in [2.75, 3.05) is 0 Å². The minimum atomic E-state index is -4.07. The predicted octanol–water partition coefficient (Wildman–Crippen LogP) is 5.06. The lowest BCUT2D eigenvalue weighted by atomic mass is 10.0. The van der Waals surface area contributed by atoms with Gasteiger partial charge >= 0.3 is 5.63 Å². The lowest BCUT2D eigenvalue weighted by molar-refractivity contribution is 0.533. The van der Waals surface area contributed by atoms with E-state index in [2.05, 4.69) is 15.9 Å². The molecule has 6 heteroatoms. The Balaban J connectivity index is 2.19. The van der Waals surface area contributed by atoms with Gasteiger partial charge in [-0.05, 0) is 35.9 Å². The zero-order chi connectivity index (χ0) is 19.0. The van der Waals surface area contributed by atoms with Crippen LogP contribution in [0.25, 0.3) is 22.1 Å². The minimum absolute atomic E-state index is 0.0452. The fraction of sp³-hybridized carbons (Fsp3) is 0. The molecular formula is C21H13BrO4S. The van der Waals surface area contributed by atoms with E-state index in [9.17, 15) is 13.2 Å². The van der Waals surface area contributed by atoms with Crippen LogP contribution in [-0.4, -0.2) is 8.42 Å². The van der Waals surface area contributed by atoms with Gasteiger partial charge in [0.2, 0.25) is 9.84 Å². The molecule has 0 spiro atoms. The average Bonchev–Trinajstić information content (AvgIpc) is 2.68. The summed E-state index contributed by atoms with van der Waals surface area (Å²) in [6, 6.07) is 22.0. The van der Waals surface area contributed by atoms with Gasteiger partial charge in [-0.15, -0.1) is 0 Å². The number of fused-ring (bicyclic) bond motifs is 1. The third kappa shape index (κ3) is 3.11. The van der Waals surface area contributed by atoms with Gasteiger partial charge in [-0.1, -0.05) is 64.5 Å². The van der Waals surface area contributed by atoms with Gasteiger partial charge in [-0.25, -0.2) is 13.2 Å². The molecule has 0 N–H and O–H groups in total. The lowest BCUT2D eigenvalue weighted by Crippen LogP contribution is -2.16. The van der Waals surface area contributed by atoms with Crippen LogP contribution in [0.4, 0.5) is 0 Å². The third-order valence-corrected chi connectivity index (χ3v) is 6.51. The second kappa shape index (κ2) is 6.79. The Kier molecular flexibility index (Phi) is 4.45. The number of hydrogen-bond donors (Lipinski definition) is 0. The summed E-state index contributed by atoms with van der Waals surface area (Å²) >= 11 is 3.41. The van der Waals surface area contributed by atoms with Gasteiger partial charge in [0, 0.05) is 15.4 Å². The molecular weight excluding hydrogens is 428 g/mol. The predicted molar refractivity (Wildman–Crippen MR) is 108 cm³/mol. The van der Waals surface area contributed by atoms with Gasteiger partial charge in [0.05, 0.1) is 4.90 Å². The second-order valence-corrected chi connectivity index (χ2v) is 8.72. The van der Waals surface area contributed by atoms with Crippen LogP contribution in [0, 0.1) is 0 Å². The van der Waals surface area contributed by atoms with Gasteiger partial charge in [-0.3, -0.25) is 0 Å². The van der Waals surface area contributed by atoms with Crippen molar-refractivity contribution in [1.82, 2.24) is 0 Å². The molecule has 0 bridgehead atoms. The number of hydrogen-bond acceptors (Lipinski definition) is 4. The topological polar surface area (TPSA) is 64.3 Å². The highest BCUT2D eigenvalue weighted by Gasteiger charge is 2.29. The van der Waals surface area contributed by atoms with Crippen molar-refractivity contribution in [3.05, 3.63) is 93.8 Å². The van der Waals surface area contributed by atoms with Crippen LogP contribution in [0.2, 0.25) is 0 Å².